The van der Waals surface area contributed by atoms with Crippen LogP contribution in [0.3, 0.4) is 0 Å². The van der Waals surface area contributed by atoms with Gasteiger partial charge in [-0.05, 0) is 44.9 Å². The Morgan fingerprint density at radius 2 is 2.00 bits per heavy atom. The number of nitrogens with zero attached hydrogens (tertiary/aromatic N) is 4. The van der Waals surface area contributed by atoms with Gasteiger partial charge in [0, 0.05) is 29.7 Å². The molecule has 1 amide bonds. The lowest BCUT2D eigenvalue weighted by molar-refractivity contribution is 0.0729. The zero-order chi connectivity index (χ0) is 18.1. The molecule has 26 heavy (non-hydrogen) atoms. The number of aromatic nitrogens is 4. The van der Waals surface area contributed by atoms with Crippen LogP contribution in [0.4, 0.5) is 0 Å². The molecule has 0 unspecified atom stereocenters. The van der Waals surface area contributed by atoms with E-state index in [1.807, 2.05) is 55.1 Å². The van der Waals surface area contributed by atoms with E-state index in [1.54, 1.807) is 6.20 Å². The summed E-state index contributed by atoms with van der Waals surface area (Å²) in [5.74, 6) is 1.46. The third kappa shape index (κ3) is 3.10. The van der Waals surface area contributed by atoms with Crippen LogP contribution in [0.1, 0.15) is 46.5 Å². The minimum Gasteiger partial charge on any atom is -0.341 e. The Hall–Kier alpha value is -3.02. The van der Waals surface area contributed by atoms with Crippen LogP contribution in [0.5, 0.6) is 0 Å². The monoisotopic (exact) mass is 347 g/mol. The molecule has 1 atom stereocenters. The first kappa shape index (κ1) is 16.4. The van der Waals surface area contributed by atoms with E-state index in [2.05, 4.69) is 15.0 Å². The molecular formula is C20H21N5O. The standard InChI is InChI=1S/C20H21N5O/c1-13-11-16(18-21-12-14(2)23-18)24-19(22-13)17-9-6-10-25(17)20(26)15-7-4-3-5-8-15/h3-5,7-8,11-12,17H,6,9-10H2,1-2H3,(H,21,23)/t17-/m0/s1. The van der Waals surface area contributed by atoms with E-state index in [0.29, 0.717) is 11.4 Å². The number of imidazole rings is 1. The van der Waals surface area contributed by atoms with Gasteiger partial charge in [0.2, 0.25) is 0 Å². The largest absolute Gasteiger partial charge is 0.341 e. The maximum Gasteiger partial charge on any atom is 0.254 e. The number of carbonyl (C=O) groups excluding carboxylic acids is 1. The number of aromatic amines is 1. The average Bonchev–Trinajstić information content (AvgIpc) is 3.30. The summed E-state index contributed by atoms with van der Waals surface area (Å²) >= 11 is 0. The second-order valence-corrected chi connectivity index (χ2v) is 6.69. The van der Waals surface area contributed by atoms with Gasteiger partial charge in [0.05, 0.1) is 6.04 Å². The summed E-state index contributed by atoms with van der Waals surface area (Å²) in [6.45, 7) is 4.64. The third-order valence-electron chi connectivity index (χ3n) is 4.65. The highest BCUT2D eigenvalue weighted by Crippen LogP contribution is 2.32. The number of carbonyl (C=O) groups is 1. The van der Waals surface area contributed by atoms with Gasteiger partial charge < -0.3 is 9.88 Å². The van der Waals surface area contributed by atoms with Crippen LogP contribution in [0, 0.1) is 13.8 Å². The van der Waals surface area contributed by atoms with Crippen molar-refractivity contribution in [2.24, 2.45) is 0 Å². The van der Waals surface area contributed by atoms with E-state index >= 15 is 0 Å². The first-order valence-corrected chi connectivity index (χ1v) is 8.85. The Morgan fingerprint density at radius 1 is 1.19 bits per heavy atom. The Balaban J connectivity index is 1.68. The zero-order valence-corrected chi connectivity index (χ0v) is 14.9. The molecule has 0 spiro atoms. The molecule has 6 heteroatoms. The summed E-state index contributed by atoms with van der Waals surface area (Å²) < 4.78 is 0. The van der Waals surface area contributed by atoms with Crippen LogP contribution >= 0.6 is 0 Å². The summed E-state index contributed by atoms with van der Waals surface area (Å²) in [4.78, 5) is 31.8. The van der Waals surface area contributed by atoms with Crippen molar-refractivity contribution in [2.75, 3.05) is 6.54 Å². The van der Waals surface area contributed by atoms with Gasteiger partial charge in [-0.2, -0.15) is 0 Å². The fourth-order valence-electron chi connectivity index (χ4n) is 3.43. The van der Waals surface area contributed by atoms with Crippen molar-refractivity contribution >= 4 is 5.91 Å². The molecule has 0 bridgehead atoms. The molecule has 1 aliphatic heterocycles. The number of rotatable bonds is 3. The molecule has 1 saturated heterocycles. The highest BCUT2D eigenvalue weighted by atomic mass is 16.2. The molecule has 2 aromatic heterocycles. The minimum atomic E-state index is -0.0996. The van der Waals surface area contributed by atoms with Crippen molar-refractivity contribution in [2.45, 2.75) is 32.7 Å². The predicted molar refractivity (Wildman–Crippen MR) is 98.5 cm³/mol. The summed E-state index contributed by atoms with van der Waals surface area (Å²) in [6.07, 6.45) is 3.61. The van der Waals surface area contributed by atoms with Gasteiger partial charge in [-0.25, -0.2) is 15.0 Å². The number of nitrogens with one attached hydrogen (secondary N) is 1. The van der Waals surface area contributed by atoms with Crippen LogP contribution < -0.4 is 0 Å². The number of likely N-dealkylation sites (tertiary alicyclic amines) is 1. The van der Waals surface area contributed by atoms with Crippen molar-refractivity contribution in [3.63, 3.8) is 0 Å². The topological polar surface area (TPSA) is 74.8 Å². The van der Waals surface area contributed by atoms with Crippen LogP contribution in [0.15, 0.2) is 42.6 Å². The summed E-state index contributed by atoms with van der Waals surface area (Å²) in [5, 5.41) is 0. The smallest absolute Gasteiger partial charge is 0.254 e. The normalized spacial score (nSPS) is 16.8. The summed E-state index contributed by atoms with van der Waals surface area (Å²) in [6, 6.07) is 11.2. The van der Waals surface area contributed by atoms with Crippen LogP contribution in [0.2, 0.25) is 0 Å². The molecule has 4 rings (SSSR count). The molecule has 3 aromatic rings. The zero-order valence-electron chi connectivity index (χ0n) is 14.9. The van der Waals surface area contributed by atoms with E-state index in [0.717, 1.165) is 42.3 Å². The number of aryl methyl sites for hydroxylation is 2. The number of benzene rings is 1. The molecule has 1 aromatic carbocycles. The summed E-state index contributed by atoms with van der Waals surface area (Å²) in [7, 11) is 0. The van der Waals surface area contributed by atoms with Crippen molar-refractivity contribution < 1.29 is 4.79 Å². The predicted octanol–water partition coefficient (Wildman–Crippen LogP) is 3.46. The van der Waals surface area contributed by atoms with Crippen LogP contribution in [-0.4, -0.2) is 37.3 Å². The first-order chi connectivity index (χ1) is 12.6. The van der Waals surface area contributed by atoms with Crippen LogP contribution in [0.25, 0.3) is 11.5 Å². The van der Waals surface area contributed by atoms with Crippen molar-refractivity contribution in [3.05, 3.63) is 65.4 Å². The lowest BCUT2D eigenvalue weighted by atomic mass is 10.1. The van der Waals surface area contributed by atoms with E-state index in [-0.39, 0.29) is 11.9 Å². The van der Waals surface area contributed by atoms with E-state index < -0.39 is 0 Å². The van der Waals surface area contributed by atoms with Gasteiger partial charge in [-0.15, -0.1) is 0 Å². The fraction of sp³-hybridized carbons (Fsp3) is 0.300. The van der Waals surface area contributed by atoms with Crippen molar-refractivity contribution in [1.82, 2.24) is 24.8 Å². The van der Waals surface area contributed by atoms with Gasteiger partial charge in [0.1, 0.15) is 5.69 Å². The fourth-order valence-corrected chi connectivity index (χ4v) is 3.43. The average molecular weight is 347 g/mol. The van der Waals surface area contributed by atoms with Gasteiger partial charge >= 0.3 is 0 Å². The molecule has 1 fully saturated rings. The maximum absolute atomic E-state index is 12.9. The molecule has 132 valence electrons. The SMILES string of the molecule is Cc1cc(-c2ncc(C)[nH]2)nc([C@@H]2CCCN2C(=O)c2ccccc2)n1. The van der Waals surface area contributed by atoms with E-state index in [9.17, 15) is 4.79 Å². The molecule has 1 aliphatic rings. The van der Waals surface area contributed by atoms with Gasteiger partial charge in [-0.1, -0.05) is 18.2 Å². The number of H-pyrrole nitrogens is 1. The van der Waals surface area contributed by atoms with E-state index in [4.69, 9.17) is 4.98 Å². The lowest BCUT2D eigenvalue weighted by Crippen LogP contribution is -2.31. The second kappa shape index (κ2) is 6.71. The Kier molecular flexibility index (Phi) is 4.24. The quantitative estimate of drug-likeness (QED) is 0.787. The Morgan fingerprint density at radius 3 is 2.73 bits per heavy atom. The molecule has 0 saturated carbocycles. The molecule has 0 aliphatic carbocycles. The maximum atomic E-state index is 12.9. The van der Waals surface area contributed by atoms with Crippen LogP contribution in [-0.2, 0) is 0 Å². The van der Waals surface area contributed by atoms with Crippen molar-refractivity contribution in [1.29, 1.82) is 0 Å². The van der Waals surface area contributed by atoms with Crippen molar-refractivity contribution in [3.8, 4) is 11.5 Å². The highest BCUT2D eigenvalue weighted by molar-refractivity contribution is 5.94. The highest BCUT2D eigenvalue weighted by Gasteiger charge is 2.33. The number of amides is 1. The molecule has 0 radical (unpaired) electrons. The molecule has 3 heterocycles. The number of hydrogen-bond donors (Lipinski definition) is 1. The van der Waals surface area contributed by atoms with Gasteiger partial charge in [0.25, 0.3) is 5.91 Å². The third-order valence-corrected chi connectivity index (χ3v) is 4.65. The van der Waals surface area contributed by atoms with Gasteiger partial charge in [0.15, 0.2) is 11.6 Å². The molecular weight excluding hydrogens is 326 g/mol. The van der Waals surface area contributed by atoms with Gasteiger partial charge in [-0.3, -0.25) is 4.79 Å². The minimum absolute atomic E-state index is 0.0357. The van der Waals surface area contributed by atoms with E-state index in [1.165, 1.54) is 0 Å². The Bertz CT molecular complexity index is 934. The molecule has 6 nitrogen and oxygen atoms in total. The second-order valence-electron chi connectivity index (χ2n) is 6.69. The molecule has 1 N–H and O–H groups in total. The lowest BCUT2D eigenvalue weighted by Gasteiger charge is -2.24. The summed E-state index contributed by atoms with van der Waals surface area (Å²) in [5.41, 5.74) is 3.33. The number of hydrogen-bond acceptors (Lipinski definition) is 4. The Labute approximate surface area is 152 Å². The first-order valence-electron chi connectivity index (χ1n) is 8.85.